The van der Waals surface area contributed by atoms with Crippen molar-refractivity contribution in [3.05, 3.63) is 23.5 Å². The second-order valence-corrected chi connectivity index (χ2v) is 4.42. The molecule has 1 unspecified atom stereocenters. The molecule has 1 heterocycles. The lowest BCUT2D eigenvalue weighted by molar-refractivity contribution is -0.149. The number of carboxylic acids is 1. The number of aromatic nitrogens is 1. The average molecular weight is 209 g/mol. The van der Waals surface area contributed by atoms with Crippen LogP contribution in [0.5, 0.6) is 0 Å². The van der Waals surface area contributed by atoms with E-state index >= 15 is 0 Å². The van der Waals surface area contributed by atoms with Gasteiger partial charge in [0.1, 0.15) is 0 Å². The maximum atomic E-state index is 11.2. The number of rotatable bonds is 4. The van der Waals surface area contributed by atoms with Crippen LogP contribution in [0, 0.1) is 19.3 Å². The summed E-state index contributed by atoms with van der Waals surface area (Å²) in [6.45, 7) is 8.27. The third-order valence-corrected chi connectivity index (χ3v) is 3.22. The molecule has 1 rings (SSSR count). The highest BCUT2D eigenvalue weighted by atomic mass is 16.4. The van der Waals surface area contributed by atoms with Crippen molar-refractivity contribution >= 4 is 5.97 Å². The largest absolute Gasteiger partial charge is 0.481 e. The van der Waals surface area contributed by atoms with Crippen LogP contribution in [0.3, 0.4) is 0 Å². The van der Waals surface area contributed by atoms with Crippen LogP contribution in [-0.4, -0.2) is 15.6 Å². The Labute approximate surface area is 90.7 Å². The van der Waals surface area contributed by atoms with Crippen molar-refractivity contribution in [3.63, 3.8) is 0 Å². The Bertz CT molecular complexity index is 348. The van der Waals surface area contributed by atoms with Gasteiger partial charge in [0.25, 0.3) is 0 Å². The first-order valence-corrected chi connectivity index (χ1v) is 5.27. The summed E-state index contributed by atoms with van der Waals surface area (Å²) in [5, 5.41) is 9.20. The normalized spacial score (nSPS) is 14.9. The van der Waals surface area contributed by atoms with Gasteiger partial charge >= 0.3 is 5.97 Å². The van der Waals surface area contributed by atoms with Crippen LogP contribution in [0.15, 0.2) is 12.1 Å². The van der Waals surface area contributed by atoms with Crippen molar-refractivity contribution in [2.24, 2.45) is 5.41 Å². The molecule has 0 aliphatic carbocycles. The average Bonchev–Trinajstić information content (AvgIpc) is 2.49. The van der Waals surface area contributed by atoms with Gasteiger partial charge in [-0.2, -0.15) is 0 Å². The maximum Gasteiger partial charge on any atom is 0.311 e. The van der Waals surface area contributed by atoms with Crippen LogP contribution in [0.25, 0.3) is 0 Å². The highest BCUT2D eigenvalue weighted by Gasteiger charge is 2.32. The van der Waals surface area contributed by atoms with Gasteiger partial charge in [0.05, 0.1) is 5.41 Å². The summed E-state index contributed by atoms with van der Waals surface area (Å²) < 4.78 is 2.07. The standard InChI is InChI=1S/C12H19NO2/c1-5-12(4,11(14)15)8-13-9(2)6-7-10(13)3/h6-7H,5,8H2,1-4H3,(H,14,15). The minimum atomic E-state index is -0.725. The molecule has 0 bridgehead atoms. The molecule has 1 aromatic heterocycles. The van der Waals surface area contributed by atoms with Crippen LogP contribution in [0.4, 0.5) is 0 Å². The minimum Gasteiger partial charge on any atom is -0.481 e. The van der Waals surface area contributed by atoms with Gasteiger partial charge in [0, 0.05) is 17.9 Å². The second kappa shape index (κ2) is 4.09. The Hall–Kier alpha value is -1.25. The van der Waals surface area contributed by atoms with Crippen LogP contribution >= 0.6 is 0 Å². The predicted octanol–water partition coefficient (Wildman–Crippen LogP) is 2.61. The molecule has 0 aliphatic rings. The first kappa shape index (κ1) is 11.8. The van der Waals surface area contributed by atoms with Crippen LogP contribution in [0.2, 0.25) is 0 Å². The highest BCUT2D eigenvalue weighted by Crippen LogP contribution is 2.25. The van der Waals surface area contributed by atoms with Gasteiger partial charge in [0.2, 0.25) is 0 Å². The Morgan fingerprint density at radius 3 is 2.20 bits per heavy atom. The van der Waals surface area contributed by atoms with E-state index in [1.54, 1.807) is 6.92 Å². The van der Waals surface area contributed by atoms with Crippen molar-refractivity contribution in [1.29, 1.82) is 0 Å². The molecule has 0 fully saturated rings. The fourth-order valence-corrected chi connectivity index (χ4v) is 1.63. The molecule has 1 aromatic rings. The molecule has 3 nitrogen and oxygen atoms in total. The zero-order valence-electron chi connectivity index (χ0n) is 9.87. The summed E-state index contributed by atoms with van der Waals surface area (Å²) in [7, 11) is 0. The Kier molecular flexibility index (Phi) is 3.22. The van der Waals surface area contributed by atoms with E-state index < -0.39 is 11.4 Å². The fraction of sp³-hybridized carbons (Fsp3) is 0.583. The fourth-order valence-electron chi connectivity index (χ4n) is 1.63. The van der Waals surface area contributed by atoms with Gasteiger partial charge in [-0.3, -0.25) is 4.79 Å². The van der Waals surface area contributed by atoms with E-state index in [2.05, 4.69) is 4.57 Å². The molecular weight excluding hydrogens is 190 g/mol. The Morgan fingerprint density at radius 1 is 1.40 bits per heavy atom. The maximum absolute atomic E-state index is 11.2. The van der Waals surface area contributed by atoms with E-state index in [0.29, 0.717) is 13.0 Å². The van der Waals surface area contributed by atoms with Gasteiger partial charge in [-0.05, 0) is 39.3 Å². The molecule has 0 aromatic carbocycles. The first-order chi connectivity index (χ1) is 6.90. The molecule has 84 valence electrons. The molecular formula is C12H19NO2. The quantitative estimate of drug-likeness (QED) is 0.828. The molecule has 0 saturated heterocycles. The number of aliphatic carboxylic acids is 1. The molecule has 0 spiro atoms. The summed E-state index contributed by atoms with van der Waals surface area (Å²) in [5.74, 6) is -0.725. The third kappa shape index (κ3) is 2.22. The third-order valence-electron chi connectivity index (χ3n) is 3.22. The monoisotopic (exact) mass is 209 g/mol. The van der Waals surface area contributed by atoms with Crippen LogP contribution < -0.4 is 0 Å². The Morgan fingerprint density at radius 2 is 1.87 bits per heavy atom. The smallest absolute Gasteiger partial charge is 0.311 e. The van der Waals surface area contributed by atoms with E-state index in [0.717, 1.165) is 11.4 Å². The predicted molar refractivity (Wildman–Crippen MR) is 59.9 cm³/mol. The summed E-state index contributed by atoms with van der Waals surface area (Å²) in [4.78, 5) is 11.2. The second-order valence-electron chi connectivity index (χ2n) is 4.42. The zero-order valence-corrected chi connectivity index (χ0v) is 9.87. The summed E-state index contributed by atoms with van der Waals surface area (Å²) in [6, 6.07) is 4.04. The molecule has 1 N–H and O–H groups in total. The van der Waals surface area contributed by atoms with E-state index in [1.165, 1.54) is 0 Å². The highest BCUT2D eigenvalue weighted by molar-refractivity contribution is 5.73. The molecule has 0 amide bonds. The first-order valence-electron chi connectivity index (χ1n) is 5.27. The molecule has 1 atom stereocenters. The van der Waals surface area contributed by atoms with Crippen molar-refractivity contribution in [2.45, 2.75) is 40.7 Å². The number of carbonyl (C=O) groups is 1. The van der Waals surface area contributed by atoms with Gasteiger partial charge in [0.15, 0.2) is 0 Å². The molecule has 0 saturated carbocycles. The Balaban J connectivity index is 2.98. The lowest BCUT2D eigenvalue weighted by atomic mass is 9.87. The van der Waals surface area contributed by atoms with Crippen molar-refractivity contribution in [2.75, 3.05) is 0 Å². The topological polar surface area (TPSA) is 42.2 Å². The van der Waals surface area contributed by atoms with E-state index in [-0.39, 0.29) is 0 Å². The van der Waals surface area contributed by atoms with Gasteiger partial charge in [-0.1, -0.05) is 6.92 Å². The van der Waals surface area contributed by atoms with Gasteiger partial charge in [-0.15, -0.1) is 0 Å². The van der Waals surface area contributed by atoms with E-state index in [9.17, 15) is 9.90 Å². The molecule has 0 aliphatic heterocycles. The summed E-state index contributed by atoms with van der Waals surface area (Å²) in [6.07, 6.45) is 0.638. The van der Waals surface area contributed by atoms with E-state index in [4.69, 9.17) is 0 Å². The van der Waals surface area contributed by atoms with Crippen molar-refractivity contribution < 1.29 is 9.90 Å². The summed E-state index contributed by atoms with van der Waals surface area (Å²) >= 11 is 0. The number of carboxylic acid groups (broad SMARTS) is 1. The van der Waals surface area contributed by atoms with Crippen LogP contribution in [0.1, 0.15) is 31.7 Å². The molecule has 15 heavy (non-hydrogen) atoms. The number of hydrogen-bond acceptors (Lipinski definition) is 1. The lowest BCUT2D eigenvalue weighted by Crippen LogP contribution is -2.32. The zero-order chi connectivity index (χ0) is 11.6. The number of hydrogen-bond donors (Lipinski definition) is 1. The minimum absolute atomic E-state index is 0.545. The lowest BCUT2D eigenvalue weighted by Gasteiger charge is -2.25. The van der Waals surface area contributed by atoms with Crippen molar-refractivity contribution in [3.8, 4) is 0 Å². The number of aryl methyl sites for hydroxylation is 2. The summed E-state index contributed by atoms with van der Waals surface area (Å²) in [5.41, 5.74) is 1.57. The van der Waals surface area contributed by atoms with Gasteiger partial charge < -0.3 is 9.67 Å². The number of nitrogens with zero attached hydrogens (tertiary/aromatic N) is 1. The molecule has 3 heteroatoms. The molecule has 0 radical (unpaired) electrons. The van der Waals surface area contributed by atoms with Gasteiger partial charge in [-0.25, -0.2) is 0 Å². The van der Waals surface area contributed by atoms with Crippen LogP contribution in [-0.2, 0) is 11.3 Å². The SMILES string of the molecule is CCC(C)(Cn1c(C)ccc1C)C(=O)O. The van der Waals surface area contributed by atoms with Crippen molar-refractivity contribution in [1.82, 2.24) is 4.57 Å². The van der Waals surface area contributed by atoms with E-state index in [1.807, 2.05) is 32.9 Å².